The molecule has 8 atom stereocenters. The Morgan fingerprint density at radius 1 is 1.03 bits per heavy atom. The highest BCUT2D eigenvalue weighted by atomic mass is 32.2. The fraction of sp³-hybridized carbons (Fsp3) is 0.619. The number of carbonyl (C=O) groups excluding carboxylic acids is 1. The van der Waals surface area contributed by atoms with Crippen molar-refractivity contribution in [2.24, 2.45) is 11.8 Å². The lowest BCUT2D eigenvalue weighted by Crippen LogP contribution is -2.60. The molecule has 2 aliphatic heterocycles. The molecular formula is C21H29N3O10S. The molecule has 2 saturated heterocycles. The van der Waals surface area contributed by atoms with Gasteiger partial charge in [-0.25, -0.2) is 27.7 Å². The Kier molecular flexibility index (Phi) is 7.33. The van der Waals surface area contributed by atoms with Crippen LogP contribution in [0, 0.1) is 18.8 Å². The van der Waals surface area contributed by atoms with Gasteiger partial charge in [0.25, 0.3) is 10.0 Å². The summed E-state index contributed by atoms with van der Waals surface area (Å²) < 4.78 is 37.7. The zero-order valence-corrected chi connectivity index (χ0v) is 19.7. The number of nitrogens with one attached hydrogen (secondary N) is 2. The van der Waals surface area contributed by atoms with Gasteiger partial charge in [-0.3, -0.25) is 5.43 Å². The van der Waals surface area contributed by atoms with Gasteiger partial charge >= 0.3 is 12.0 Å². The van der Waals surface area contributed by atoms with E-state index in [1.807, 2.05) is 11.6 Å². The molecule has 0 radical (unpaired) electrons. The molecule has 14 heteroatoms. The minimum Gasteiger partial charge on any atom is -0.479 e. The third kappa shape index (κ3) is 5.58. The number of ether oxygens (including phenoxy) is 2. The monoisotopic (exact) mass is 515 g/mol. The molecule has 1 aromatic rings. The van der Waals surface area contributed by atoms with Gasteiger partial charge in [-0.15, -0.1) is 0 Å². The van der Waals surface area contributed by atoms with Gasteiger partial charge in [0.05, 0.1) is 11.0 Å². The maximum atomic E-state index is 12.4. The Morgan fingerprint density at radius 2 is 1.63 bits per heavy atom. The van der Waals surface area contributed by atoms with E-state index in [1.54, 1.807) is 17.1 Å². The molecule has 3 aliphatic rings. The van der Waals surface area contributed by atoms with Crippen molar-refractivity contribution in [2.75, 3.05) is 13.1 Å². The average molecular weight is 516 g/mol. The van der Waals surface area contributed by atoms with Crippen molar-refractivity contribution >= 4 is 22.0 Å². The summed E-state index contributed by atoms with van der Waals surface area (Å²) in [7, 11) is -4.01. The molecule has 4 rings (SSSR count). The Morgan fingerprint density at radius 3 is 2.20 bits per heavy atom. The number of aliphatic hydroxyl groups is 3. The average Bonchev–Trinajstić information content (AvgIpc) is 3.31. The third-order valence-electron chi connectivity index (χ3n) is 6.67. The maximum Gasteiger partial charge on any atom is 0.343 e. The first-order valence-corrected chi connectivity index (χ1v) is 12.7. The standard InChI is InChI=1S/C21H29N3O10S/c1-10-2-4-14(5-3-10)35(31,32)23-21(30)22-24-8-11-6-13(7-12(11)9-24)33-20-17(27)15(25)16(26)18(34-20)19(28)29/h2-5,11-13,15-18,20,25-27H,6-9H2,1H3,(H,28,29)(H2,22,23,30)/t11-,12+,13?,15?,16?,17?,18?,20?. The van der Waals surface area contributed by atoms with Gasteiger partial charge in [0.1, 0.15) is 18.3 Å². The van der Waals surface area contributed by atoms with Gasteiger partial charge in [-0.1, -0.05) is 17.7 Å². The number of sulfonamides is 1. The number of aliphatic carboxylic acids is 1. The van der Waals surface area contributed by atoms with Gasteiger partial charge in [0, 0.05) is 13.1 Å². The number of rotatable bonds is 6. The lowest BCUT2D eigenvalue weighted by molar-refractivity contribution is -0.304. The third-order valence-corrected chi connectivity index (χ3v) is 8.01. The summed E-state index contributed by atoms with van der Waals surface area (Å²) in [6.45, 7) is 2.70. The predicted octanol–water partition coefficient (Wildman–Crippen LogP) is -1.48. The molecule has 6 N–H and O–H groups in total. The van der Waals surface area contributed by atoms with Crippen LogP contribution in [-0.2, 0) is 24.3 Å². The minimum absolute atomic E-state index is 0.0218. The first-order valence-electron chi connectivity index (χ1n) is 11.2. The summed E-state index contributed by atoms with van der Waals surface area (Å²) in [5.74, 6) is -1.29. The summed E-state index contributed by atoms with van der Waals surface area (Å²) in [5.41, 5.74) is 3.44. The molecule has 1 aliphatic carbocycles. The van der Waals surface area contributed by atoms with E-state index < -0.39 is 52.7 Å². The molecule has 2 heterocycles. The van der Waals surface area contributed by atoms with E-state index in [0.717, 1.165) is 5.56 Å². The molecule has 3 fully saturated rings. The Balaban J connectivity index is 1.26. The molecule has 13 nitrogen and oxygen atoms in total. The number of benzene rings is 1. The summed E-state index contributed by atoms with van der Waals surface area (Å²) in [4.78, 5) is 23.5. The maximum absolute atomic E-state index is 12.4. The Hall–Kier alpha value is -2.33. The van der Waals surface area contributed by atoms with Crippen LogP contribution in [0.1, 0.15) is 18.4 Å². The number of hydrogen-bond donors (Lipinski definition) is 6. The Labute approximate surface area is 201 Å². The van der Waals surface area contributed by atoms with Gasteiger partial charge < -0.3 is 29.9 Å². The van der Waals surface area contributed by atoms with Crippen LogP contribution in [0.2, 0.25) is 0 Å². The molecule has 194 valence electrons. The van der Waals surface area contributed by atoms with Crippen molar-refractivity contribution in [1.82, 2.24) is 15.2 Å². The number of urea groups is 1. The van der Waals surface area contributed by atoms with E-state index in [9.17, 15) is 33.3 Å². The number of nitrogens with zero attached hydrogens (tertiary/aromatic N) is 1. The van der Waals surface area contributed by atoms with Crippen molar-refractivity contribution in [2.45, 2.75) is 61.5 Å². The largest absolute Gasteiger partial charge is 0.479 e. The van der Waals surface area contributed by atoms with Gasteiger partial charge in [-0.05, 0) is 43.7 Å². The number of hydrogen-bond acceptors (Lipinski definition) is 10. The topological polar surface area (TPSA) is 195 Å². The second-order valence-corrected chi connectivity index (χ2v) is 10.9. The first kappa shape index (κ1) is 25.8. The number of carbonyl (C=O) groups is 2. The van der Waals surface area contributed by atoms with Gasteiger partial charge in [0.15, 0.2) is 12.4 Å². The number of carboxylic acid groups (broad SMARTS) is 1. The van der Waals surface area contributed by atoms with E-state index in [1.165, 1.54) is 12.1 Å². The number of amides is 2. The minimum atomic E-state index is -4.01. The van der Waals surface area contributed by atoms with Crippen LogP contribution in [0.4, 0.5) is 4.79 Å². The summed E-state index contributed by atoms with van der Waals surface area (Å²) in [6.07, 6.45) is -7.61. The number of hydrazine groups is 1. The van der Waals surface area contributed by atoms with Crippen LogP contribution in [0.25, 0.3) is 0 Å². The van der Waals surface area contributed by atoms with Gasteiger partial charge in [-0.2, -0.15) is 0 Å². The first-order chi connectivity index (χ1) is 16.4. The Bertz CT molecular complexity index is 1040. The van der Waals surface area contributed by atoms with Gasteiger partial charge in [0.2, 0.25) is 0 Å². The van der Waals surface area contributed by atoms with Crippen LogP contribution in [0.3, 0.4) is 0 Å². The highest BCUT2D eigenvalue weighted by molar-refractivity contribution is 7.90. The highest BCUT2D eigenvalue weighted by Crippen LogP contribution is 2.40. The molecule has 2 amide bonds. The molecule has 0 spiro atoms. The van der Waals surface area contributed by atoms with Crippen molar-refractivity contribution in [3.8, 4) is 0 Å². The number of fused-ring (bicyclic) bond motifs is 1. The summed E-state index contributed by atoms with van der Waals surface area (Å²) >= 11 is 0. The van der Waals surface area contributed by atoms with Crippen LogP contribution in [0.15, 0.2) is 29.2 Å². The number of aryl methyl sites for hydroxylation is 1. The van der Waals surface area contributed by atoms with Crippen LogP contribution >= 0.6 is 0 Å². The predicted molar refractivity (Wildman–Crippen MR) is 117 cm³/mol. The molecule has 1 aromatic carbocycles. The van der Waals surface area contributed by atoms with Crippen molar-refractivity contribution in [3.05, 3.63) is 29.8 Å². The smallest absolute Gasteiger partial charge is 0.343 e. The van der Waals surface area contributed by atoms with E-state index in [-0.39, 0.29) is 22.8 Å². The second kappa shape index (κ2) is 9.97. The SMILES string of the molecule is Cc1ccc(S(=O)(=O)NC(=O)NN2C[C@H]3CC(OC4OC(C(=O)O)C(O)C(O)C4O)C[C@H]3C2)cc1. The quantitative estimate of drug-likeness (QED) is 0.258. The molecule has 1 saturated carbocycles. The molecule has 6 unspecified atom stereocenters. The lowest BCUT2D eigenvalue weighted by atomic mass is 9.99. The molecule has 35 heavy (non-hydrogen) atoms. The summed E-state index contributed by atoms with van der Waals surface area (Å²) in [6, 6.07) is 5.22. The zero-order chi connectivity index (χ0) is 25.5. The van der Waals surface area contributed by atoms with Crippen LogP contribution < -0.4 is 10.1 Å². The fourth-order valence-corrected chi connectivity index (χ4v) is 5.77. The summed E-state index contributed by atoms with van der Waals surface area (Å²) in [5, 5.41) is 40.6. The molecule has 0 bridgehead atoms. The fourth-order valence-electron chi connectivity index (χ4n) is 4.87. The van der Waals surface area contributed by atoms with E-state index in [4.69, 9.17) is 14.6 Å². The van der Waals surface area contributed by atoms with Crippen molar-refractivity contribution < 1.29 is 47.9 Å². The number of carboxylic acids is 1. The normalized spacial score (nSPS) is 35.4. The molecule has 0 aromatic heterocycles. The molecular weight excluding hydrogens is 486 g/mol. The van der Waals surface area contributed by atoms with E-state index in [2.05, 4.69) is 5.43 Å². The van der Waals surface area contributed by atoms with E-state index in [0.29, 0.717) is 25.9 Å². The van der Waals surface area contributed by atoms with Crippen molar-refractivity contribution in [1.29, 1.82) is 0 Å². The van der Waals surface area contributed by atoms with E-state index >= 15 is 0 Å². The lowest BCUT2D eigenvalue weighted by Gasteiger charge is -2.39. The zero-order valence-electron chi connectivity index (χ0n) is 18.9. The highest BCUT2D eigenvalue weighted by Gasteiger charge is 2.50. The second-order valence-electron chi connectivity index (χ2n) is 9.25. The van der Waals surface area contributed by atoms with Crippen molar-refractivity contribution in [3.63, 3.8) is 0 Å². The number of aliphatic hydroxyl groups excluding tert-OH is 3. The van der Waals surface area contributed by atoms with Crippen LogP contribution in [0.5, 0.6) is 0 Å². The van der Waals surface area contributed by atoms with Crippen LogP contribution in [-0.4, -0.2) is 95.8 Å².